The predicted molar refractivity (Wildman–Crippen MR) is 34.6 cm³/mol. The monoisotopic (exact) mass is 333 g/mol. The van der Waals surface area contributed by atoms with Gasteiger partial charge in [0.15, 0.2) is 0 Å². The van der Waals surface area contributed by atoms with Gasteiger partial charge in [0.1, 0.15) is 0 Å². The van der Waals surface area contributed by atoms with Crippen LogP contribution in [0.25, 0.3) is 0 Å². The third kappa shape index (κ3) is 2.88. The van der Waals surface area contributed by atoms with Crippen LogP contribution in [0.3, 0.4) is 0 Å². The molecule has 20 heavy (non-hydrogen) atoms. The molecule has 0 heterocycles. The molecule has 0 spiro atoms. The van der Waals surface area contributed by atoms with Crippen molar-refractivity contribution in [3.63, 3.8) is 0 Å². The van der Waals surface area contributed by atoms with Crippen LogP contribution >= 0.6 is 0 Å². The van der Waals surface area contributed by atoms with E-state index >= 15 is 0 Å². The van der Waals surface area contributed by atoms with Crippen LogP contribution in [-0.4, -0.2) is 41.3 Å². The lowest BCUT2D eigenvalue weighted by atomic mass is 10.3. The molecule has 0 aromatic rings. The molecule has 0 saturated heterocycles. The van der Waals surface area contributed by atoms with Crippen molar-refractivity contribution in [3.05, 3.63) is 0 Å². The fourth-order valence-electron chi connectivity index (χ4n) is 0.628. The number of rotatable bonds is 4. The Hall–Kier alpha value is -1.34. The number of hydrogen-bond donors (Lipinski definition) is 1. The highest BCUT2D eigenvalue weighted by Gasteiger charge is 2.79. The van der Waals surface area contributed by atoms with Crippen molar-refractivity contribution in [2.75, 3.05) is 0 Å². The maximum absolute atomic E-state index is 12.7. The standard InChI is InChI=1S/C6HF11O3/c7-2(1(18)19,4(10,11)12)20-6(16,17)3(8,9)5(13,14)15/h(H,18,19)/i1+1,2+1,4+1. The Kier molecular flexibility index (Phi) is 4.29. The molecule has 1 atom stereocenters. The van der Waals surface area contributed by atoms with Crippen LogP contribution in [0, 0.1) is 0 Å². The predicted octanol–water partition coefficient (Wildman–Crippen LogP) is 3.11. The van der Waals surface area contributed by atoms with Gasteiger partial charge in [-0.2, -0.15) is 48.3 Å². The summed E-state index contributed by atoms with van der Waals surface area (Å²) in [5.41, 5.74) is 0. The fourth-order valence-corrected chi connectivity index (χ4v) is 0.628. The molecular weight excluding hydrogens is 332 g/mol. The zero-order valence-corrected chi connectivity index (χ0v) is 8.42. The van der Waals surface area contributed by atoms with Gasteiger partial charge >= 0.3 is 36.2 Å². The second-order valence-corrected chi connectivity index (χ2v) is 3.09. The second-order valence-electron chi connectivity index (χ2n) is 3.09. The summed E-state index contributed by atoms with van der Waals surface area (Å²) in [7, 11) is 0. The van der Waals surface area contributed by atoms with Crippen LogP contribution in [-0.2, 0) is 9.53 Å². The van der Waals surface area contributed by atoms with Gasteiger partial charge < -0.3 is 5.11 Å². The highest BCUT2D eigenvalue weighted by Crippen LogP contribution is 2.50. The van der Waals surface area contributed by atoms with E-state index in [-0.39, 0.29) is 0 Å². The molecule has 14 heteroatoms. The third-order valence-corrected chi connectivity index (χ3v) is 1.63. The smallest absolute Gasteiger partial charge is 0.462 e. The first-order valence-corrected chi connectivity index (χ1v) is 3.91. The van der Waals surface area contributed by atoms with Gasteiger partial charge in [0.25, 0.3) is 0 Å². The first kappa shape index (κ1) is 18.7. The summed E-state index contributed by atoms with van der Waals surface area (Å²) in [6, 6.07) is 0. The molecule has 0 saturated carbocycles. The first-order valence-electron chi connectivity index (χ1n) is 3.91. The van der Waals surface area contributed by atoms with Gasteiger partial charge in [0.2, 0.25) is 0 Å². The second kappa shape index (κ2) is 4.60. The maximum Gasteiger partial charge on any atom is 0.462 e. The minimum atomic E-state index is -7.27. The zero-order valence-electron chi connectivity index (χ0n) is 8.42. The van der Waals surface area contributed by atoms with E-state index in [9.17, 15) is 53.1 Å². The lowest BCUT2D eigenvalue weighted by Gasteiger charge is -2.32. The van der Waals surface area contributed by atoms with E-state index in [0.717, 1.165) is 0 Å². The Balaban J connectivity index is 5.73. The van der Waals surface area contributed by atoms with E-state index in [1.165, 1.54) is 0 Å². The number of hydrogen-bond acceptors (Lipinski definition) is 2. The lowest BCUT2D eigenvalue weighted by Crippen LogP contribution is -2.61. The molecule has 0 bridgehead atoms. The van der Waals surface area contributed by atoms with Crippen molar-refractivity contribution in [2.24, 2.45) is 0 Å². The van der Waals surface area contributed by atoms with Crippen LogP contribution in [0.2, 0.25) is 0 Å². The molecule has 1 N–H and O–H groups in total. The summed E-state index contributed by atoms with van der Waals surface area (Å²) in [5.74, 6) is -17.6. The third-order valence-electron chi connectivity index (χ3n) is 1.63. The van der Waals surface area contributed by atoms with E-state index in [4.69, 9.17) is 5.11 Å². The van der Waals surface area contributed by atoms with Crippen molar-refractivity contribution in [2.45, 2.75) is 30.2 Å². The minimum Gasteiger partial charge on any atom is -0.477 e. The minimum absolute atomic E-state index is 1.65. The zero-order chi connectivity index (χ0) is 16.8. The Labute approximate surface area is 100 Å². The maximum atomic E-state index is 12.7. The van der Waals surface area contributed by atoms with Gasteiger partial charge in [-0.1, -0.05) is 0 Å². The van der Waals surface area contributed by atoms with E-state index < -0.39 is 36.2 Å². The topological polar surface area (TPSA) is 46.5 Å². The average Bonchev–Trinajstić information content (AvgIpc) is 2.12. The molecular formula is C6HF11O3. The Morgan fingerprint density at radius 3 is 1.30 bits per heavy atom. The highest BCUT2D eigenvalue weighted by molar-refractivity contribution is 5.76. The van der Waals surface area contributed by atoms with Crippen LogP contribution in [0.4, 0.5) is 48.3 Å². The van der Waals surface area contributed by atoms with Crippen LogP contribution in [0.5, 0.6) is 0 Å². The van der Waals surface area contributed by atoms with Crippen molar-refractivity contribution in [1.82, 2.24) is 0 Å². The molecule has 0 aliphatic carbocycles. The molecule has 0 aliphatic rings. The number of halogens is 11. The van der Waals surface area contributed by atoms with Gasteiger partial charge in [-0.05, 0) is 0 Å². The average molecular weight is 333 g/mol. The SMILES string of the molecule is O=[13C](O)[13C](F)(OC(F)(F)C(F)(F)C(F)(F)F)[13C](F)(F)F. The van der Waals surface area contributed by atoms with E-state index in [1.54, 1.807) is 4.74 Å². The molecule has 1 unspecified atom stereocenters. The highest BCUT2D eigenvalue weighted by atomic mass is 19.5. The Morgan fingerprint density at radius 2 is 1.10 bits per heavy atom. The number of carboxylic acid groups (broad SMARTS) is 1. The van der Waals surface area contributed by atoms with E-state index in [2.05, 4.69) is 0 Å². The molecule has 0 fully saturated rings. The number of carbonyl (C=O) groups is 1. The summed E-state index contributed by atoms with van der Waals surface area (Å²) in [6.07, 6.45) is -21.1. The molecule has 0 radical (unpaired) electrons. The summed E-state index contributed by atoms with van der Waals surface area (Å²) in [5, 5.41) is 7.72. The molecule has 0 rings (SSSR count). The van der Waals surface area contributed by atoms with E-state index in [0.29, 0.717) is 0 Å². The number of carboxylic acids is 1. The molecule has 0 aromatic carbocycles. The van der Waals surface area contributed by atoms with Gasteiger partial charge in [-0.3, -0.25) is 4.74 Å². The van der Waals surface area contributed by atoms with E-state index in [1.807, 2.05) is 0 Å². The van der Waals surface area contributed by atoms with Crippen molar-refractivity contribution < 1.29 is 62.9 Å². The van der Waals surface area contributed by atoms with Gasteiger partial charge in [0.05, 0.1) is 0 Å². The normalized spacial score (nSPS) is 17.8. The largest absolute Gasteiger partial charge is 0.477 e. The quantitative estimate of drug-likeness (QED) is 0.635. The summed E-state index contributed by atoms with van der Waals surface area (Å²) in [4.78, 5) is 9.84. The van der Waals surface area contributed by atoms with Crippen LogP contribution in [0.1, 0.15) is 0 Å². The number of aliphatic carboxylic acids is 1. The number of alkyl halides is 11. The van der Waals surface area contributed by atoms with Gasteiger partial charge in [-0.15, -0.1) is 0 Å². The molecule has 0 amide bonds. The Bertz CT molecular complexity index is 383. The number of ether oxygens (including phenoxy) is 1. The molecule has 0 aliphatic heterocycles. The first-order chi connectivity index (χ1) is 8.40. The van der Waals surface area contributed by atoms with Crippen LogP contribution in [0.15, 0.2) is 0 Å². The van der Waals surface area contributed by atoms with Crippen LogP contribution < -0.4 is 0 Å². The summed E-state index contributed by atoms with van der Waals surface area (Å²) >= 11 is 0. The molecule has 120 valence electrons. The van der Waals surface area contributed by atoms with Gasteiger partial charge in [-0.25, -0.2) is 4.79 Å². The molecule has 3 nitrogen and oxygen atoms in total. The van der Waals surface area contributed by atoms with Crippen molar-refractivity contribution >= 4 is 5.97 Å². The van der Waals surface area contributed by atoms with Crippen molar-refractivity contribution in [1.29, 1.82) is 0 Å². The van der Waals surface area contributed by atoms with Gasteiger partial charge in [0, 0.05) is 0 Å². The summed E-state index contributed by atoms with van der Waals surface area (Å²) < 4.78 is 134. The lowest BCUT2D eigenvalue weighted by molar-refractivity contribution is -0.474. The molecule has 0 aromatic heterocycles. The summed E-state index contributed by atoms with van der Waals surface area (Å²) in [6.45, 7) is 0. The fraction of sp³-hybridized carbons (Fsp3) is 0.833. The Morgan fingerprint density at radius 1 is 0.750 bits per heavy atom. The van der Waals surface area contributed by atoms with Crippen molar-refractivity contribution in [3.8, 4) is 0 Å².